The predicted octanol–water partition coefficient (Wildman–Crippen LogP) is 3.53. The summed E-state index contributed by atoms with van der Waals surface area (Å²) in [6, 6.07) is 12.0. The number of amidine groups is 1. The van der Waals surface area contributed by atoms with Crippen molar-refractivity contribution in [3.63, 3.8) is 0 Å². The summed E-state index contributed by atoms with van der Waals surface area (Å²) < 4.78 is 19.6. The first-order chi connectivity index (χ1) is 12.5. The number of halogens is 1. The number of nitrogens with zero attached hydrogens (tertiary/aromatic N) is 3. The van der Waals surface area contributed by atoms with Gasteiger partial charge in [-0.3, -0.25) is 4.79 Å². The van der Waals surface area contributed by atoms with Crippen molar-refractivity contribution in [3.8, 4) is 6.07 Å². The van der Waals surface area contributed by atoms with Crippen LogP contribution in [0.3, 0.4) is 0 Å². The number of ketones is 1. The Morgan fingerprint density at radius 2 is 2.04 bits per heavy atom. The minimum atomic E-state index is -1.21. The second-order valence-corrected chi connectivity index (χ2v) is 6.47. The van der Waals surface area contributed by atoms with Gasteiger partial charge < -0.3 is 9.64 Å². The number of carbonyl (C=O) groups excluding carboxylic acids is 1. The van der Waals surface area contributed by atoms with E-state index in [0.29, 0.717) is 35.6 Å². The van der Waals surface area contributed by atoms with Gasteiger partial charge in [-0.15, -0.1) is 0 Å². The van der Waals surface area contributed by atoms with Crippen molar-refractivity contribution in [1.29, 1.82) is 5.26 Å². The van der Waals surface area contributed by atoms with Crippen LogP contribution >= 0.6 is 0 Å². The van der Waals surface area contributed by atoms with Gasteiger partial charge in [0, 0.05) is 31.3 Å². The fraction of sp³-hybridized carbons (Fsp3) is 0.250. The lowest BCUT2D eigenvalue weighted by atomic mass is 9.86. The van der Waals surface area contributed by atoms with E-state index in [1.807, 2.05) is 17.0 Å². The van der Waals surface area contributed by atoms with Crippen LogP contribution in [0, 0.1) is 24.1 Å². The molecule has 2 aromatic rings. The zero-order valence-corrected chi connectivity index (χ0v) is 14.4. The molecule has 2 aromatic carbocycles. The van der Waals surface area contributed by atoms with Gasteiger partial charge >= 0.3 is 0 Å². The average Bonchev–Trinajstić information content (AvgIpc) is 3.04. The van der Waals surface area contributed by atoms with Gasteiger partial charge in [-0.05, 0) is 48.9 Å². The summed E-state index contributed by atoms with van der Waals surface area (Å²) in [5.41, 5.74) is 1.33. The molecule has 0 unspecified atom stereocenters. The maximum Gasteiger partial charge on any atom is 0.204 e. The molecule has 2 aliphatic heterocycles. The third kappa shape index (κ3) is 2.18. The molecule has 0 aliphatic carbocycles. The van der Waals surface area contributed by atoms with Crippen molar-refractivity contribution in [2.24, 2.45) is 4.99 Å². The molecule has 130 valence electrons. The van der Waals surface area contributed by atoms with Crippen LogP contribution in [0.2, 0.25) is 0 Å². The zero-order chi connectivity index (χ0) is 18.5. The standard InChI is InChI=1S/C20H16FN3O2/c1-12-9-17-15(10-16(12)21)18(25)20(26-2)7-8-24(19(20)23-17)14-5-3-13(11-22)4-6-14/h3-6,9-10H,7-8H2,1-2H3/t20-/m1/s1. The summed E-state index contributed by atoms with van der Waals surface area (Å²) in [6.07, 6.45) is 0.427. The first-order valence-corrected chi connectivity index (χ1v) is 8.27. The number of rotatable bonds is 2. The van der Waals surface area contributed by atoms with Crippen molar-refractivity contribution < 1.29 is 13.9 Å². The van der Waals surface area contributed by atoms with Crippen LogP contribution in [0.25, 0.3) is 0 Å². The third-order valence-corrected chi connectivity index (χ3v) is 5.08. The molecule has 6 heteroatoms. The minimum Gasteiger partial charge on any atom is -0.362 e. The second-order valence-electron chi connectivity index (χ2n) is 6.47. The van der Waals surface area contributed by atoms with Crippen LogP contribution in [-0.2, 0) is 4.74 Å². The molecule has 5 nitrogen and oxygen atoms in total. The highest BCUT2D eigenvalue weighted by atomic mass is 19.1. The fourth-order valence-corrected chi connectivity index (χ4v) is 3.60. The SMILES string of the molecule is CO[C@@]12CCN(c3ccc(C#N)cc3)C1=Nc1cc(C)c(F)cc1C2=O. The summed E-state index contributed by atoms with van der Waals surface area (Å²) in [4.78, 5) is 19.7. The Balaban J connectivity index is 1.87. The summed E-state index contributed by atoms with van der Waals surface area (Å²) in [7, 11) is 1.48. The van der Waals surface area contributed by atoms with Crippen molar-refractivity contribution in [1.82, 2.24) is 0 Å². The molecule has 0 radical (unpaired) electrons. The van der Waals surface area contributed by atoms with Crippen LogP contribution in [0.1, 0.15) is 27.9 Å². The first kappa shape index (κ1) is 16.4. The normalized spacial score (nSPS) is 21.1. The van der Waals surface area contributed by atoms with Crippen molar-refractivity contribution in [3.05, 3.63) is 58.9 Å². The molecule has 0 spiro atoms. The number of aliphatic imine (C=N–C) groups is 1. The minimum absolute atomic E-state index is 0.250. The Labute approximate surface area is 150 Å². The summed E-state index contributed by atoms with van der Waals surface area (Å²) >= 11 is 0. The highest BCUT2D eigenvalue weighted by molar-refractivity contribution is 6.28. The molecule has 1 atom stereocenters. The number of benzene rings is 2. The lowest BCUT2D eigenvalue weighted by molar-refractivity contribution is 0.0388. The maximum absolute atomic E-state index is 14.0. The van der Waals surface area contributed by atoms with E-state index in [9.17, 15) is 9.18 Å². The number of carbonyl (C=O) groups is 1. The van der Waals surface area contributed by atoms with Gasteiger partial charge in [0.05, 0.1) is 17.3 Å². The molecule has 0 saturated carbocycles. The number of hydrogen-bond donors (Lipinski definition) is 0. The second kappa shape index (κ2) is 5.75. The van der Waals surface area contributed by atoms with Gasteiger partial charge in [-0.2, -0.15) is 5.26 Å². The Hall–Kier alpha value is -3.04. The number of methoxy groups -OCH3 is 1. The van der Waals surface area contributed by atoms with Crippen LogP contribution in [0.4, 0.5) is 15.8 Å². The van der Waals surface area contributed by atoms with E-state index in [-0.39, 0.29) is 11.3 Å². The Morgan fingerprint density at radius 1 is 1.31 bits per heavy atom. The van der Waals surface area contributed by atoms with E-state index in [2.05, 4.69) is 11.1 Å². The molecule has 2 heterocycles. The smallest absolute Gasteiger partial charge is 0.204 e. The monoisotopic (exact) mass is 349 g/mol. The number of fused-ring (bicyclic) bond motifs is 2. The highest BCUT2D eigenvalue weighted by Gasteiger charge is 2.54. The first-order valence-electron chi connectivity index (χ1n) is 8.27. The average molecular weight is 349 g/mol. The van der Waals surface area contributed by atoms with Gasteiger partial charge in [-0.25, -0.2) is 9.38 Å². The number of nitriles is 1. The molecule has 0 N–H and O–H groups in total. The maximum atomic E-state index is 14.0. The molecule has 1 fully saturated rings. The molecular weight excluding hydrogens is 333 g/mol. The van der Waals surface area contributed by atoms with E-state index < -0.39 is 11.4 Å². The lowest BCUT2D eigenvalue weighted by Crippen LogP contribution is -2.50. The van der Waals surface area contributed by atoms with Crippen molar-refractivity contribution in [2.45, 2.75) is 18.9 Å². The number of aryl methyl sites for hydroxylation is 1. The van der Waals surface area contributed by atoms with E-state index in [4.69, 9.17) is 10.00 Å². The lowest BCUT2D eigenvalue weighted by Gasteiger charge is -2.32. The van der Waals surface area contributed by atoms with E-state index in [1.54, 1.807) is 25.1 Å². The molecule has 1 saturated heterocycles. The molecule has 0 aromatic heterocycles. The van der Waals surface area contributed by atoms with Gasteiger partial charge in [0.15, 0.2) is 5.60 Å². The molecule has 2 aliphatic rings. The summed E-state index contributed by atoms with van der Waals surface area (Å²) in [5, 5.41) is 8.97. The Bertz CT molecular complexity index is 991. The van der Waals surface area contributed by atoms with Gasteiger partial charge in [0.2, 0.25) is 5.78 Å². The van der Waals surface area contributed by atoms with Gasteiger partial charge in [0.25, 0.3) is 0 Å². The molecule has 26 heavy (non-hydrogen) atoms. The highest BCUT2D eigenvalue weighted by Crippen LogP contribution is 2.41. The van der Waals surface area contributed by atoms with Gasteiger partial charge in [-0.1, -0.05) is 0 Å². The van der Waals surface area contributed by atoms with Crippen LogP contribution in [-0.4, -0.2) is 30.9 Å². The molecule has 0 amide bonds. The summed E-state index contributed by atoms with van der Waals surface area (Å²) in [5.74, 6) is -0.188. The van der Waals surface area contributed by atoms with Crippen LogP contribution in [0.15, 0.2) is 41.4 Å². The van der Waals surface area contributed by atoms with Crippen LogP contribution in [0.5, 0.6) is 0 Å². The zero-order valence-electron chi connectivity index (χ0n) is 14.4. The molecular formula is C20H16FN3O2. The quantitative estimate of drug-likeness (QED) is 0.832. The number of anilines is 1. The fourth-order valence-electron chi connectivity index (χ4n) is 3.60. The number of Topliss-reactive ketones (excluding diaryl/α,β-unsaturated/α-hetero) is 1. The molecule has 0 bridgehead atoms. The largest absolute Gasteiger partial charge is 0.362 e. The Kier molecular flexibility index (Phi) is 3.63. The topological polar surface area (TPSA) is 65.7 Å². The van der Waals surface area contributed by atoms with Crippen molar-refractivity contribution in [2.75, 3.05) is 18.6 Å². The Morgan fingerprint density at radius 3 is 2.69 bits per heavy atom. The van der Waals surface area contributed by atoms with Gasteiger partial charge in [0.1, 0.15) is 11.7 Å². The van der Waals surface area contributed by atoms with Crippen LogP contribution < -0.4 is 4.90 Å². The van der Waals surface area contributed by atoms with E-state index in [1.165, 1.54) is 13.2 Å². The van der Waals surface area contributed by atoms with E-state index >= 15 is 0 Å². The number of ether oxygens (including phenoxy) is 1. The van der Waals surface area contributed by atoms with E-state index in [0.717, 1.165) is 5.69 Å². The van der Waals surface area contributed by atoms with Crippen molar-refractivity contribution >= 4 is 23.0 Å². The third-order valence-electron chi connectivity index (χ3n) is 5.08. The summed E-state index contributed by atoms with van der Waals surface area (Å²) in [6.45, 7) is 2.19. The molecule has 4 rings (SSSR count). The predicted molar refractivity (Wildman–Crippen MR) is 95.4 cm³/mol. The number of hydrogen-bond acceptors (Lipinski definition) is 5.